The van der Waals surface area contributed by atoms with Crippen LogP contribution in [0.5, 0.6) is 0 Å². The molecule has 1 aliphatic heterocycles. The van der Waals surface area contributed by atoms with Gasteiger partial charge in [-0.2, -0.15) is 11.8 Å². The molecule has 1 aliphatic rings. The van der Waals surface area contributed by atoms with E-state index in [-0.39, 0.29) is 23.0 Å². The molecule has 0 unspecified atom stereocenters. The molecule has 2 N–H and O–H groups in total. The van der Waals surface area contributed by atoms with Crippen LogP contribution in [0.2, 0.25) is 5.02 Å². The van der Waals surface area contributed by atoms with Crippen molar-refractivity contribution in [1.29, 1.82) is 0 Å². The van der Waals surface area contributed by atoms with Crippen molar-refractivity contribution in [2.45, 2.75) is 25.4 Å². The number of rotatable bonds is 3. The predicted octanol–water partition coefficient (Wildman–Crippen LogP) is 2.78. The smallest absolute Gasteiger partial charge is 0.252 e. The number of nitrogens with one attached hydrogen (secondary N) is 1. The average Bonchev–Trinajstić information content (AvgIpc) is 2.41. The Morgan fingerprint density at radius 1 is 1.50 bits per heavy atom. The van der Waals surface area contributed by atoms with Gasteiger partial charge in [-0.25, -0.2) is 4.39 Å². The molecule has 1 fully saturated rings. The highest BCUT2D eigenvalue weighted by atomic mass is 35.5. The van der Waals surface area contributed by atoms with Crippen LogP contribution < -0.4 is 5.32 Å². The highest BCUT2D eigenvalue weighted by Gasteiger charge is 2.30. The summed E-state index contributed by atoms with van der Waals surface area (Å²) in [6, 6.07) is 2.56. The van der Waals surface area contributed by atoms with Crippen LogP contribution >= 0.6 is 23.4 Å². The second-order valence-corrected chi connectivity index (χ2v) is 6.73. The van der Waals surface area contributed by atoms with E-state index in [9.17, 15) is 14.3 Å². The molecule has 1 saturated heterocycles. The van der Waals surface area contributed by atoms with E-state index in [1.54, 1.807) is 18.7 Å². The van der Waals surface area contributed by atoms with E-state index in [1.165, 1.54) is 6.07 Å². The molecule has 110 valence electrons. The van der Waals surface area contributed by atoms with Gasteiger partial charge in [-0.15, -0.1) is 0 Å². The van der Waals surface area contributed by atoms with E-state index >= 15 is 0 Å². The molecular formula is C14H17ClFNO2S. The molecule has 0 aromatic heterocycles. The summed E-state index contributed by atoms with van der Waals surface area (Å²) < 4.78 is 13.3. The molecule has 0 bridgehead atoms. The second-order valence-electron chi connectivity index (χ2n) is 5.10. The van der Waals surface area contributed by atoms with Crippen LogP contribution in [0.3, 0.4) is 0 Å². The number of amides is 1. The van der Waals surface area contributed by atoms with Gasteiger partial charge in [0.2, 0.25) is 0 Å². The average molecular weight is 318 g/mol. The Hall–Kier alpha value is -0.780. The lowest BCUT2D eigenvalue weighted by Crippen LogP contribution is -2.45. The fourth-order valence-corrected chi connectivity index (χ4v) is 3.59. The van der Waals surface area contributed by atoms with Gasteiger partial charge in [0, 0.05) is 6.54 Å². The van der Waals surface area contributed by atoms with Gasteiger partial charge in [-0.3, -0.25) is 4.79 Å². The molecule has 6 heteroatoms. The fraction of sp³-hybridized carbons (Fsp3) is 0.500. The lowest BCUT2D eigenvalue weighted by molar-refractivity contribution is 0.0311. The maximum absolute atomic E-state index is 13.3. The van der Waals surface area contributed by atoms with E-state index in [0.29, 0.717) is 18.4 Å². The van der Waals surface area contributed by atoms with Gasteiger partial charge in [0.25, 0.3) is 5.91 Å². The van der Waals surface area contributed by atoms with Gasteiger partial charge in [0.05, 0.1) is 16.2 Å². The van der Waals surface area contributed by atoms with Crippen LogP contribution in [-0.4, -0.2) is 34.7 Å². The van der Waals surface area contributed by atoms with Gasteiger partial charge < -0.3 is 10.4 Å². The zero-order valence-corrected chi connectivity index (χ0v) is 12.8. The van der Waals surface area contributed by atoms with Gasteiger partial charge in [0.1, 0.15) is 5.82 Å². The minimum Gasteiger partial charge on any atom is -0.388 e. The van der Waals surface area contributed by atoms with Crippen molar-refractivity contribution < 1.29 is 14.3 Å². The van der Waals surface area contributed by atoms with E-state index in [0.717, 1.165) is 17.6 Å². The van der Waals surface area contributed by atoms with Crippen molar-refractivity contribution in [1.82, 2.24) is 5.32 Å². The zero-order valence-electron chi connectivity index (χ0n) is 11.2. The summed E-state index contributed by atoms with van der Waals surface area (Å²) in [5.74, 6) is 0.963. The quantitative estimate of drug-likeness (QED) is 0.901. The number of hydrogen-bond acceptors (Lipinski definition) is 3. The molecule has 1 amide bonds. The third-order valence-electron chi connectivity index (χ3n) is 3.49. The Morgan fingerprint density at radius 2 is 2.15 bits per heavy atom. The lowest BCUT2D eigenvalue weighted by atomic mass is 9.96. The first-order valence-corrected chi connectivity index (χ1v) is 7.98. The first-order chi connectivity index (χ1) is 9.41. The maximum Gasteiger partial charge on any atom is 0.252 e. The van der Waals surface area contributed by atoms with E-state index < -0.39 is 11.4 Å². The summed E-state index contributed by atoms with van der Waals surface area (Å²) in [6.45, 7) is 1.77. The Morgan fingerprint density at radius 3 is 2.80 bits per heavy atom. The van der Waals surface area contributed by atoms with Crippen LogP contribution in [0, 0.1) is 12.7 Å². The van der Waals surface area contributed by atoms with E-state index in [4.69, 9.17) is 11.6 Å². The standard InChI is InChI=1S/C14H17ClFNO2S/c1-9-6-10(11(15)7-12(9)16)13(18)17-8-14(19)2-4-20-5-3-14/h6-7,19H,2-5,8H2,1H3,(H,17,18). The largest absolute Gasteiger partial charge is 0.388 e. The van der Waals surface area contributed by atoms with Crippen LogP contribution in [0.25, 0.3) is 0 Å². The summed E-state index contributed by atoms with van der Waals surface area (Å²) in [4.78, 5) is 12.1. The monoisotopic (exact) mass is 317 g/mol. The van der Waals surface area contributed by atoms with Crippen molar-refractivity contribution in [3.63, 3.8) is 0 Å². The van der Waals surface area contributed by atoms with Crippen molar-refractivity contribution in [3.8, 4) is 0 Å². The van der Waals surface area contributed by atoms with Crippen molar-refractivity contribution in [2.24, 2.45) is 0 Å². The molecule has 1 heterocycles. The molecule has 3 nitrogen and oxygen atoms in total. The number of carbonyl (C=O) groups is 1. The van der Waals surface area contributed by atoms with Crippen molar-refractivity contribution >= 4 is 29.3 Å². The maximum atomic E-state index is 13.3. The number of aryl methyl sites for hydroxylation is 1. The molecule has 1 aromatic carbocycles. The molecule has 0 radical (unpaired) electrons. The highest BCUT2D eigenvalue weighted by Crippen LogP contribution is 2.26. The highest BCUT2D eigenvalue weighted by molar-refractivity contribution is 7.99. The van der Waals surface area contributed by atoms with E-state index in [2.05, 4.69) is 5.32 Å². The fourth-order valence-electron chi connectivity index (χ4n) is 2.10. The summed E-state index contributed by atoms with van der Waals surface area (Å²) >= 11 is 7.68. The van der Waals surface area contributed by atoms with Crippen LogP contribution in [0.4, 0.5) is 4.39 Å². The van der Waals surface area contributed by atoms with Crippen LogP contribution in [0.1, 0.15) is 28.8 Å². The summed E-state index contributed by atoms with van der Waals surface area (Å²) in [7, 11) is 0. The lowest BCUT2D eigenvalue weighted by Gasteiger charge is -2.31. The van der Waals surface area contributed by atoms with E-state index in [1.807, 2.05) is 0 Å². The summed E-state index contributed by atoms with van der Waals surface area (Å²) in [5.41, 5.74) is -0.241. The third kappa shape index (κ3) is 3.65. The number of thioether (sulfide) groups is 1. The van der Waals surface area contributed by atoms with Crippen molar-refractivity contribution in [2.75, 3.05) is 18.1 Å². The molecule has 0 aliphatic carbocycles. The minimum atomic E-state index is -0.845. The number of halogens is 2. The molecule has 1 aromatic rings. The van der Waals surface area contributed by atoms with Gasteiger partial charge >= 0.3 is 0 Å². The van der Waals surface area contributed by atoms with Crippen LogP contribution in [-0.2, 0) is 0 Å². The summed E-state index contributed by atoms with van der Waals surface area (Å²) in [6.07, 6.45) is 1.32. The zero-order chi connectivity index (χ0) is 14.8. The first-order valence-electron chi connectivity index (χ1n) is 6.45. The Labute approximate surface area is 126 Å². The molecule has 0 saturated carbocycles. The minimum absolute atomic E-state index is 0.0804. The second kappa shape index (κ2) is 6.33. The van der Waals surface area contributed by atoms with Gasteiger partial charge in [-0.05, 0) is 49.0 Å². The normalized spacial score (nSPS) is 17.8. The Kier molecular flexibility index (Phi) is 4.94. The number of benzene rings is 1. The molecular weight excluding hydrogens is 301 g/mol. The third-order valence-corrected chi connectivity index (χ3v) is 4.79. The summed E-state index contributed by atoms with van der Waals surface area (Å²) in [5, 5.41) is 13.1. The van der Waals surface area contributed by atoms with Gasteiger partial charge in [-0.1, -0.05) is 11.6 Å². The topological polar surface area (TPSA) is 49.3 Å². The first kappa shape index (κ1) is 15.6. The number of aliphatic hydroxyl groups is 1. The molecule has 20 heavy (non-hydrogen) atoms. The molecule has 2 rings (SSSR count). The SMILES string of the molecule is Cc1cc(C(=O)NCC2(O)CCSCC2)c(Cl)cc1F. The van der Waals surface area contributed by atoms with Gasteiger partial charge in [0.15, 0.2) is 0 Å². The van der Waals surface area contributed by atoms with Crippen molar-refractivity contribution in [3.05, 3.63) is 34.1 Å². The Bertz CT molecular complexity index is 518. The molecule has 0 atom stereocenters. The number of carbonyl (C=O) groups excluding carboxylic acids is 1. The van der Waals surface area contributed by atoms with Crippen LogP contribution in [0.15, 0.2) is 12.1 Å². The molecule has 0 spiro atoms. The number of hydrogen-bond donors (Lipinski definition) is 2. The Balaban J connectivity index is 2.03. The predicted molar refractivity (Wildman–Crippen MR) is 80.0 cm³/mol.